The molecule has 0 aromatic carbocycles. The lowest BCUT2D eigenvalue weighted by atomic mass is 9.97. The number of piperidine rings is 1. The zero-order chi connectivity index (χ0) is 13.1. The van der Waals surface area contributed by atoms with Crippen LogP contribution < -0.4 is 4.90 Å². The third kappa shape index (κ3) is 3.20. The van der Waals surface area contributed by atoms with Crippen LogP contribution in [0.5, 0.6) is 0 Å². The lowest BCUT2D eigenvalue weighted by Crippen LogP contribution is -2.42. The first-order valence-corrected chi connectivity index (χ1v) is 7.36. The van der Waals surface area contributed by atoms with Crippen molar-refractivity contribution in [1.82, 2.24) is 9.97 Å². The maximum Gasteiger partial charge on any atom is 0.133 e. The second-order valence-electron chi connectivity index (χ2n) is 4.99. The highest BCUT2D eigenvalue weighted by Crippen LogP contribution is 2.23. The molecule has 0 spiro atoms. The Morgan fingerprint density at radius 1 is 1.50 bits per heavy atom. The summed E-state index contributed by atoms with van der Waals surface area (Å²) < 4.78 is 0.842. The highest BCUT2D eigenvalue weighted by atomic mass is 79.9. The summed E-state index contributed by atoms with van der Waals surface area (Å²) in [6.07, 6.45) is 2.58. The summed E-state index contributed by atoms with van der Waals surface area (Å²) in [5.74, 6) is 2.15. The topological polar surface area (TPSA) is 49.2 Å². The Morgan fingerprint density at radius 3 is 2.94 bits per heavy atom. The van der Waals surface area contributed by atoms with Gasteiger partial charge in [-0.05, 0) is 34.7 Å². The van der Waals surface area contributed by atoms with Crippen molar-refractivity contribution in [3.05, 3.63) is 16.5 Å². The number of aryl methyl sites for hydroxylation is 1. The average molecular weight is 314 g/mol. The minimum Gasteiger partial charge on any atom is -0.393 e. The molecule has 4 nitrogen and oxygen atoms in total. The fraction of sp³-hybridized carbons (Fsp3) is 0.692. The number of halogens is 1. The van der Waals surface area contributed by atoms with Gasteiger partial charge in [-0.3, -0.25) is 0 Å². The molecule has 1 aliphatic heterocycles. The van der Waals surface area contributed by atoms with Crippen molar-refractivity contribution in [2.45, 2.75) is 39.2 Å². The van der Waals surface area contributed by atoms with Crippen molar-refractivity contribution in [3.63, 3.8) is 0 Å². The van der Waals surface area contributed by atoms with E-state index in [0.29, 0.717) is 5.92 Å². The SMILES string of the molecule is CCCc1nc(Br)cc(N2CCC(O)C(C)C2)n1. The van der Waals surface area contributed by atoms with Gasteiger partial charge in [-0.15, -0.1) is 0 Å². The van der Waals surface area contributed by atoms with Gasteiger partial charge in [0.15, 0.2) is 0 Å². The van der Waals surface area contributed by atoms with Crippen molar-refractivity contribution < 1.29 is 5.11 Å². The van der Waals surface area contributed by atoms with Gasteiger partial charge >= 0.3 is 0 Å². The van der Waals surface area contributed by atoms with Crippen LogP contribution in [0.1, 0.15) is 32.5 Å². The van der Waals surface area contributed by atoms with E-state index in [0.717, 1.165) is 48.6 Å². The van der Waals surface area contributed by atoms with Gasteiger partial charge in [-0.2, -0.15) is 0 Å². The van der Waals surface area contributed by atoms with Crippen LogP contribution in [0.2, 0.25) is 0 Å². The minimum atomic E-state index is -0.179. The van der Waals surface area contributed by atoms with Crippen LogP contribution in [0.3, 0.4) is 0 Å². The highest BCUT2D eigenvalue weighted by molar-refractivity contribution is 9.10. The van der Waals surface area contributed by atoms with Crippen LogP contribution in [0.15, 0.2) is 10.7 Å². The maximum atomic E-state index is 9.77. The number of aromatic nitrogens is 2. The zero-order valence-electron chi connectivity index (χ0n) is 10.9. The van der Waals surface area contributed by atoms with E-state index >= 15 is 0 Å². The molecule has 2 heterocycles. The van der Waals surface area contributed by atoms with E-state index in [1.807, 2.05) is 6.07 Å². The fourth-order valence-electron chi connectivity index (χ4n) is 2.29. The Morgan fingerprint density at radius 2 is 2.28 bits per heavy atom. The molecule has 1 aromatic rings. The Labute approximate surface area is 117 Å². The van der Waals surface area contributed by atoms with E-state index in [-0.39, 0.29) is 6.10 Å². The Bertz CT molecular complexity index is 413. The lowest BCUT2D eigenvalue weighted by molar-refractivity contribution is 0.0968. The van der Waals surface area contributed by atoms with Crippen LogP contribution in [0.25, 0.3) is 0 Å². The summed E-state index contributed by atoms with van der Waals surface area (Å²) in [7, 11) is 0. The first-order chi connectivity index (χ1) is 8.60. The molecule has 2 atom stereocenters. The zero-order valence-corrected chi connectivity index (χ0v) is 12.5. The van der Waals surface area contributed by atoms with E-state index in [2.05, 4.69) is 44.6 Å². The van der Waals surface area contributed by atoms with Crippen molar-refractivity contribution in [2.24, 2.45) is 5.92 Å². The third-order valence-electron chi connectivity index (χ3n) is 3.39. The summed E-state index contributed by atoms with van der Waals surface area (Å²) in [6, 6.07) is 1.96. The Hall–Kier alpha value is -0.680. The number of rotatable bonds is 3. The smallest absolute Gasteiger partial charge is 0.133 e. The van der Waals surface area contributed by atoms with Crippen LogP contribution in [0, 0.1) is 5.92 Å². The van der Waals surface area contributed by atoms with Gasteiger partial charge in [-0.25, -0.2) is 9.97 Å². The third-order valence-corrected chi connectivity index (χ3v) is 3.79. The molecule has 18 heavy (non-hydrogen) atoms. The van der Waals surface area contributed by atoms with E-state index in [9.17, 15) is 5.11 Å². The second-order valence-corrected chi connectivity index (χ2v) is 5.81. The fourth-order valence-corrected chi connectivity index (χ4v) is 2.70. The monoisotopic (exact) mass is 313 g/mol. The number of aliphatic hydroxyl groups is 1. The molecular weight excluding hydrogens is 294 g/mol. The van der Waals surface area contributed by atoms with Crippen LogP contribution >= 0.6 is 15.9 Å². The van der Waals surface area contributed by atoms with E-state index in [4.69, 9.17) is 0 Å². The van der Waals surface area contributed by atoms with Crippen LogP contribution in [0.4, 0.5) is 5.82 Å². The lowest BCUT2D eigenvalue weighted by Gasteiger charge is -2.35. The van der Waals surface area contributed by atoms with Gasteiger partial charge in [-0.1, -0.05) is 13.8 Å². The minimum absolute atomic E-state index is 0.179. The van der Waals surface area contributed by atoms with Gasteiger partial charge in [0.1, 0.15) is 16.2 Å². The number of hydrogen-bond donors (Lipinski definition) is 1. The number of hydrogen-bond acceptors (Lipinski definition) is 4. The van der Waals surface area contributed by atoms with Crippen molar-refractivity contribution in [2.75, 3.05) is 18.0 Å². The summed E-state index contributed by atoms with van der Waals surface area (Å²) in [5, 5.41) is 9.77. The normalized spacial score (nSPS) is 24.3. The van der Waals surface area contributed by atoms with E-state index < -0.39 is 0 Å². The van der Waals surface area contributed by atoms with Crippen LogP contribution in [-0.4, -0.2) is 34.3 Å². The summed E-state index contributed by atoms with van der Waals surface area (Å²) in [4.78, 5) is 11.2. The summed E-state index contributed by atoms with van der Waals surface area (Å²) >= 11 is 3.45. The van der Waals surface area contributed by atoms with Gasteiger partial charge < -0.3 is 10.0 Å². The molecule has 0 saturated carbocycles. The molecule has 0 aliphatic carbocycles. The van der Waals surface area contributed by atoms with Crippen molar-refractivity contribution in [3.8, 4) is 0 Å². The number of nitrogens with zero attached hydrogens (tertiary/aromatic N) is 3. The maximum absolute atomic E-state index is 9.77. The standard InChI is InChI=1S/C13H20BrN3O/c1-3-4-12-15-11(14)7-13(16-12)17-6-5-10(18)9(2)8-17/h7,9-10,18H,3-6,8H2,1-2H3. The number of anilines is 1. The first kappa shape index (κ1) is 13.7. The Kier molecular flexibility index (Phi) is 4.56. The van der Waals surface area contributed by atoms with Gasteiger partial charge in [0, 0.05) is 25.6 Å². The van der Waals surface area contributed by atoms with Gasteiger partial charge in [0.05, 0.1) is 6.10 Å². The molecule has 0 radical (unpaired) electrons. The molecule has 0 amide bonds. The average Bonchev–Trinajstić information content (AvgIpc) is 2.32. The van der Waals surface area contributed by atoms with Crippen LogP contribution in [-0.2, 0) is 6.42 Å². The molecule has 1 aromatic heterocycles. The number of aliphatic hydroxyl groups excluding tert-OH is 1. The molecule has 1 aliphatic rings. The van der Waals surface area contributed by atoms with Crippen molar-refractivity contribution >= 4 is 21.7 Å². The molecule has 1 fully saturated rings. The predicted molar refractivity (Wildman–Crippen MR) is 75.7 cm³/mol. The largest absolute Gasteiger partial charge is 0.393 e. The molecule has 100 valence electrons. The molecule has 5 heteroatoms. The summed E-state index contributed by atoms with van der Waals surface area (Å²) in [5.41, 5.74) is 0. The van der Waals surface area contributed by atoms with Gasteiger partial charge in [0.25, 0.3) is 0 Å². The predicted octanol–water partition coefficient (Wildman–Crippen LogP) is 2.40. The molecule has 2 unspecified atom stereocenters. The summed E-state index contributed by atoms with van der Waals surface area (Å²) in [6.45, 7) is 5.93. The molecule has 1 N–H and O–H groups in total. The highest BCUT2D eigenvalue weighted by Gasteiger charge is 2.25. The molecule has 0 bridgehead atoms. The van der Waals surface area contributed by atoms with E-state index in [1.165, 1.54) is 0 Å². The second kappa shape index (κ2) is 5.97. The Balaban J connectivity index is 2.17. The molecular formula is C13H20BrN3O. The van der Waals surface area contributed by atoms with Crippen molar-refractivity contribution in [1.29, 1.82) is 0 Å². The molecule has 1 saturated heterocycles. The quantitative estimate of drug-likeness (QED) is 0.871. The molecule has 2 rings (SSSR count). The van der Waals surface area contributed by atoms with Gasteiger partial charge in [0.2, 0.25) is 0 Å². The van der Waals surface area contributed by atoms with E-state index in [1.54, 1.807) is 0 Å². The first-order valence-electron chi connectivity index (χ1n) is 6.56.